The number of nitrogens with zero attached hydrogens (tertiary/aromatic N) is 3. The molecule has 0 radical (unpaired) electrons. The monoisotopic (exact) mass is 498 g/mol. The summed E-state index contributed by atoms with van der Waals surface area (Å²) in [5.74, 6) is -0.300. The highest BCUT2D eigenvalue weighted by Gasteiger charge is 2.30. The van der Waals surface area contributed by atoms with E-state index < -0.39 is 15.7 Å². The Hall–Kier alpha value is -3.44. The van der Waals surface area contributed by atoms with Crippen molar-refractivity contribution < 1.29 is 22.5 Å². The molecule has 1 unspecified atom stereocenters. The molecule has 0 saturated carbocycles. The van der Waals surface area contributed by atoms with Crippen LogP contribution in [-0.2, 0) is 16.4 Å². The van der Waals surface area contributed by atoms with E-state index in [2.05, 4.69) is 15.6 Å². The van der Waals surface area contributed by atoms with Gasteiger partial charge in [0.25, 0.3) is 5.91 Å². The molecule has 4 rings (SSSR count). The normalized spacial score (nSPS) is 16.3. The molecule has 9 nitrogen and oxygen atoms in total. The third-order valence-corrected chi connectivity index (χ3v) is 7.52. The SMILES string of the molecule is CCC1SC(=O)N(Cc2ccc(NC(=O)c3ccno3)cc2)N=C1c1ccc(S(C)(=O)=O)cc1. The number of amides is 2. The van der Waals surface area contributed by atoms with E-state index in [4.69, 9.17) is 4.52 Å². The molecule has 1 atom stereocenters. The van der Waals surface area contributed by atoms with Crippen LogP contribution in [0.25, 0.3) is 0 Å². The zero-order valence-electron chi connectivity index (χ0n) is 18.5. The molecule has 1 aliphatic rings. The predicted molar refractivity (Wildman–Crippen MR) is 130 cm³/mol. The van der Waals surface area contributed by atoms with E-state index in [9.17, 15) is 18.0 Å². The third-order valence-electron chi connectivity index (χ3n) is 5.14. The van der Waals surface area contributed by atoms with E-state index in [0.717, 1.165) is 23.1 Å². The van der Waals surface area contributed by atoms with E-state index in [1.165, 1.54) is 29.0 Å². The van der Waals surface area contributed by atoms with Gasteiger partial charge in [-0.05, 0) is 41.8 Å². The fourth-order valence-electron chi connectivity index (χ4n) is 3.36. The summed E-state index contributed by atoms with van der Waals surface area (Å²) in [7, 11) is -3.30. The van der Waals surface area contributed by atoms with Gasteiger partial charge in [-0.2, -0.15) is 5.10 Å². The lowest BCUT2D eigenvalue weighted by molar-refractivity contribution is 0.0988. The van der Waals surface area contributed by atoms with Gasteiger partial charge < -0.3 is 9.84 Å². The Morgan fingerprint density at radius 3 is 2.41 bits per heavy atom. The van der Waals surface area contributed by atoms with Crippen molar-refractivity contribution in [3.8, 4) is 0 Å². The molecule has 3 aromatic rings. The molecule has 0 saturated heterocycles. The largest absolute Gasteiger partial charge is 0.351 e. The van der Waals surface area contributed by atoms with Crippen LogP contribution in [0.1, 0.15) is 35.0 Å². The van der Waals surface area contributed by atoms with Gasteiger partial charge in [0.15, 0.2) is 9.84 Å². The van der Waals surface area contributed by atoms with Gasteiger partial charge in [0.05, 0.1) is 28.6 Å². The Labute approximate surface area is 201 Å². The zero-order chi connectivity index (χ0) is 24.3. The molecule has 0 aliphatic carbocycles. The molecule has 34 heavy (non-hydrogen) atoms. The Morgan fingerprint density at radius 2 is 1.82 bits per heavy atom. The molecular weight excluding hydrogens is 476 g/mol. The van der Waals surface area contributed by atoms with Gasteiger partial charge in [-0.1, -0.05) is 48.1 Å². The highest BCUT2D eigenvalue weighted by molar-refractivity contribution is 8.14. The molecule has 1 N–H and O–H groups in total. The fraction of sp³-hybridized carbons (Fsp3) is 0.217. The van der Waals surface area contributed by atoms with Crippen LogP contribution in [0.5, 0.6) is 0 Å². The van der Waals surface area contributed by atoms with Crippen molar-refractivity contribution in [2.45, 2.75) is 30.0 Å². The summed E-state index contributed by atoms with van der Waals surface area (Å²) in [4.78, 5) is 25.0. The lowest BCUT2D eigenvalue weighted by Crippen LogP contribution is -2.34. The molecule has 2 heterocycles. The quantitative estimate of drug-likeness (QED) is 0.518. The van der Waals surface area contributed by atoms with E-state index in [-0.39, 0.29) is 27.7 Å². The molecule has 11 heteroatoms. The summed E-state index contributed by atoms with van der Waals surface area (Å²) >= 11 is 1.20. The van der Waals surface area contributed by atoms with Gasteiger partial charge in [0.2, 0.25) is 5.76 Å². The van der Waals surface area contributed by atoms with Crippen LogP contribution in [-0.4, -0.2) is 46.9 Å². The minimum atomic E-state index is -3.30. The second kappa shape index (κ2) is 9.82. The average molecular weight is 499 g/mol. The first-order chi connectivity index (χ1) is 16.2. The molecule has 2 aromatic carbocycles. The van der Waals surface area contributed by atoms with Crippen LogP contribution in [0.2, 0.25) is 0 Å². The number of aromatic nitrogens is 1. The topological polar surface area (TPSA) is 122 Å². The Bertz CT molecular complexity index is 1320. The van der Waals surface area contributed by atoms with Crippen LogP contribution >= 0.6 is 11.8 Å². The summed E-state index contributed by atoms with van der Waals surface area (Å²) in [5.41, 5.74) is 2.90. The van der Waals surface area contributed by atoms with Crippen molar-refractivity contribution in [1.29, 1.82) is 0 Å². The van der Waals surface area contributed by atoms with Crippen molar-refractivity contribution in [3.05, 3.63) is 77.7 Å². The highest BCUT2D eigenvalue weighted by Crippen LogP contribution is 2.30. The Kier molecular flexibility index (Phi) is 6.85. The van der Waals surface area contributed by atoms with Gasteiger partial charge in [-0.25, -0.2) is 13.4 Å². The molecule has 0 bridgehead atoms. The van der Waals surface area contributed by atoms with E-state index >= 15 is 0 Å². The van der Waals surface area contributed by atoms with Gasteiger partial charge in [-0.15, -0.1) is 0 Å². The van der Waals surface area contributed by atoms with E-state index in [1.54, 1.807) is 48.5 Å². The molecule has 1 aromatic heterocycles. The number of thioether (sulfide) groups is 1. The number of hydrazone groups is 1. The number of carbonyl (C=O) groups is 2. The summed E-state index contributed by atoms with van der Waals surface area (Å²) in [6.07, 6.45) is 3.26. The van der Waals surface area contributed by atoms with Gasteiger partial charge in [-0.3, -0.25) is 9.59 Å². The highest BCUT2D eigenvalue weighted by atomic mass is 32.2. The van der Waals surface area contributed by atoms with Crippen LogP contribution < -0.4 is 5.32 Å². The summed E-state index contributed by atoms with van der Waals surface area (Å²) in [6, 6.07) is 15.1. The predicted octanol–water partition coefficient (Wildman–Crippen LogP) is 4.18. The smallest absolute Gasteiger partial charge is 0.302 e. The first kappa shape index (κ1) is 23.7. The number of sulfone groups is 1. The molecular formula is C23H22N4O5S2. The number of benzene rings is 2. The summed E-state index contributed by atoms with van der Waals surface area (Å²) in [5, 5.41) is 12.0. The third kappa shape index (κ3) is 5.37. The standard InChI is InChI=1S/C23H22N4O5S2/c1-3-20-21(16-6-10-18(11-7-16)34(2,30)31)26-27(23(29)33-20)14-15-4-8-17(9-5-15)25-22(28)19-12-13-24-32-19/h4-13,20H,3,14H2,1-2H3,(H,25,28). The van der Waals surface area contributed by atoms with Crippen LogP contribution in [0, 0.1) is 0 Å². The Balaban J connectivity index is 1.51. The number of rotatable bonds is 7. The lowest BCUT2D eigenvalue weighted by atomic mass is 10.1. The van der Waals surface area contributed by atoms with Crippen molar-refractivity contribution in [1.82, 2.24) is 10.2 Å². The van der Waals surface area contributed by atoms with Crippen molar-refractivity contribution in [2.75, 3.05) is 11.6 Å². The second-order valence-electron chi connectivity index (χ2n) is 7.65. The van der Waals surface area contributed by atoms with Gasteiger partial charge >= 0.3 is 5.24 Å². The van der Waals surface area contributed by atoms with Crippen molar-refractivity contribution in [3.63, 3.8) is 0 Å². The van der Waals surface area contributed by atoms with Crippen molar-refractivity contribution >= 4 is 44.1 Å². The van der Waals surface area contributed by atoms with E-state index in [1.807, 2.05) is 6.92 Å². The number of hydrogen-bond acceptors (Lipinski definition) is 8. The van der Waals surface area contributed by atoms with Crippen LogP contribution in [0.3, 0.4) is 0 Å². The summed E-state index contributed by atoms with van der Waals surface area (Å²) in [6.45, 7) is 2.23. The minimum Gasteiger partial charge on any atom is -0.351 e. The minimum absolute atomic E-state index is 0.108. The van der Waals surface area contributed by atoms with Crippen LogP contribution in [0.15, 0.2) is 75.3 Å². The fourth-order valence-corrected chi connectivity index (χ4v) is 4.92. The maximum absolute atomic E-state index is 12.7. The first-order valence-corrected chi connectivity index (χ1v) is 13.2. The van der Waals surface area contributed by atoms with Gasteiger partial charge in [0.1, 0.15) is 0 Å². The molecule has 2 amide bonds. The average Bonchev–Trinajstić information content (AvgIpc) is 3.36. The number of nitrogens with one attached hydrogen (secondary N) is 1. The second-order valence-corrected chi connectivity index (χ2v) is 10.8. The van der Waals surface area contributed by atoms with Gasteiger partial charge in [0, 0.05) is 18.0 Å². The molecule has 0 fully saturated rings. The summed E-state index contributed by atoms with van der Waals surface area (Å²) < 4.78 is 28.4. The maximum Gasteiger partial charge on any atom is 0.302 e. The first-order valence-electron chi connectivity index (χ1n) is 10.4. The molecule has 1 aliphatic heterocycles. The van der Waals surface area contributed by atoms with Crippen molar-refractivity contribution in [2.24, 2.45) is 5.10 Å². The number of hydrogen-bond donors (Lipinski definition) is 1. The van der Waals surface area contributed by atoms with E-state index in [0.29, 0.717) is 12.1 Å². The van der Waals surface area contributed by atoms with Crippen LogP contribution in [0.4, 0.5) is 10.5 Å². The maximum atomic E-state index is 12.7. The lowest BCUT2D eigenvalue weighted by Gasteiger charge is -2.28. The zero-order valence-corrected chi connectivity index (χ0v) is 20.1. The number of carbonyl (C=O) groups excluding carboxylic acids is 2. The molecule has 176 valence electrons. The molecule has 0 spiro atoms. The Morgan fingerprint density at radius 1 is 1.12 bits per heavy atom. The number of anilines is 1.